The third kappa shape index (κ3) is 5.45. The van der Waals surface area contributed by atoms with Gasteiger partial charge in [0, 0.05) is 32.3 Å². The molecule has 2 heterocycles. The van der Waals surface area contributed by atoms with Crippen molar-refractivity contribution in [1.82, 2.24) is 10.2 Å². The number of nitrogens with one attached hydrogen (secondary N) is 1. The topological polar surface area (TPSA) is 41.6 Å². The van der Waals surface area contributed by atoms with Gasteiger partial charge < -0.3 is 10.1 Å². The zero-order chi connectivity index (χ0) is 15.4. The lowest BCUT2D eigenvalue weighted by molar-refractivity contribution is -0.121. The van der Waals surface area contributed by atoms with Crippen molar-refractivity contribution in [2.75, 3.05) is 32.8 Å². The second-order valence-electron chi connectivity index (χ2n) is 6.44. The third-order valence-electron chi connectivity index (χ3n) is 4.72. The fraction of sp³-hybridized carbons (Fsp3) is 0.706. The lowest BCUT2D eigenvalue weighted by atomic mass is 9.98. The van der Waals surface area contributed by atoms with Crippen LogP contribution in [0.2, 0.25) is 0 Å². The molecule has 0 unspecified atom stereocenters. The van der Waals surface area contributed by atoms with E-state index in [2.05, 4.69) is 15.6 Å². The van der Waals surface area contributed by atoms with Crippen molar-refractivity contribution in [1.29, 1.82) is 0 Å². The average molecular weight is 359 g/mol. The monoisotopic (exact) mass is 358 g/mol. The lowest BCUT2D eigenvalue weighted by Gasteiger charge is -2.19. The molecule has 23 heavy (non-hydrogen) atoms. The van der Waals surface area contributed by atoms with Crippen LogP contribution in [-0.4, -0.2) is 49.7 Å². The van der Waals surface area contributed by atoms with Crippen molar-refractivity contribution in [2.24, 2.45) is 11.8 Å². The summed E-state index contributed by atoms with van der Waals surface area (Å²) in [5.74, 6) is 1.62. The summed E-state index contributed by atoms with van der Waals surface area (Å²) < 4.78 is 5.47. The maximum Gasteiger partial charge on any atom is 0.224 e. The number of carbonyl (C=O) groups excluding carboxylic acids is 1. The van der Waals surface area contributed by atoms with Crippen molar-refractivity contribution < 1.29 is 9.53 Å². The van der Waals surface area contributed by atoms with E-state index in [1.807, 2.05) is 18.4 Å². The molecule has 1 N–H and O–H groups in total. The molecule has 1 aromatic rings. The molecule has 1 aliphatic carbocycles. The van der Waals surface area contributed by atoms with Crippen LogP contribution in [0.25, 0.3) is 0 Å². The van der Waals surface area contributed by atoms with Crippen LogP contribution < -0.4 is 5.32 Å². The summed E-state index contributed by atoms with van der Waals surface area (Å²) in [7, 11) is 0. The fourth-order valence-electron chi connectivity index (χ4n) is 3.43. The normalized spacial score (nSPS) is 24.4. The SMILES string of the molecule is CCOCCN1C[C@H](NC(=O)Cc2ccsc2)[C@@H](C2CC2)C1.Cl. The first-order valence-electron chi connectivity index (χ1n) is 8.36. The van der Waals surface area contributed by atoms with Crippen LogP contribution in [0, 0.1) is 11.8 Å². The number of ether oxygens (including phenoxy) is 1. The fourth-order valence-corrected chi connectivity index (χ4v) is 4.09. The highest BCUT2D eigenvalue weighted by Gasteiger charge is 2.42. The second kappa shape index (κ2) is 9.02. The minimum Gasteiger partial charge on any atom is -0.380 e. The number of thiophene rings is 1. The molecular weight excluding hydrogens is 332 g/mol. The largest absolute Gasteiger partial charge is 0.380 e. The molecule has 2 fully saturated rings. The van der Waals surface area contributed by atoms with Gasteiger partial charge in [0.2, 0.25) is 5.91 Å². The summed E-state index contributed by atoms with van der Waals surface area (Å²) >= 11 is 1.65. The van der Waals surface area contributed by atoms with E-state index >= 15 is 0 Å². The van der Waals surface area contributed by atoms with Crippen LogP contribution in [0.4, 0.5) is 0 Å². The number of hydrogen-bond donors (Lipinski definition) is 1. The van der Waals surface area contributed by atoms with Gasteiger partial charge in [0.15, 0.2) is 0 Å². The van der Waals surface area contributed by atoms with E-state index in [-0.39, 0.29) is 18.3 Å². The molecule has 6 heteroatoms. The number of rotatable bonds is 8. The van der Waals surface area contributed by atoms with E-state index in [0.717, 1.165) is 44.3 Å². The van der Waals surface area contributed by atoms with Gasteiger partial charge in [0.05, 0.1) is 13.0 Å². The highest BCUT2D eigenvalue weighted by atomic mass is 35.5. The highest BCUT2D eigenvalue weighted by Crippen LogP contribution is 2.41. The van der Waals surface area contributed by atoms with Crippen LogP contribution in [0.1, 0.15) is 25.3 Å². The Bertz CT molecular complexity index is 479. The Hall–Kier alpha value is -0.620. The van der Waals surface area contributed by atoms with Crippen LogP contribution >= 0.6 is 23.7 Å². The van der Waals surface area contributed by atoms with Gasteiger partial charge in [-0.15, -0.1) is 12.4 Å². The second-order valence-corrected chi connectivity index (χ2v) is 7.22. The van der Waals surface area contributed by atoms with Crippen molar-refractivity contribution >= 4 is 29.7 Å². The van der Waals surface area contributed by atoms with E-state index < -0.39 is 0 Å². The Morgan fingerprint density at radius 2 is 2.26 bits per heavy atom. The summed E-state index contributed by atoms with van der Waals surface area (Å²) in [5, 5.41) is 7.38. The summed E-state index contributed by atoms with van der Waals surface area (Å²) in [6, 6.07) is 2.35. The van der Waals surface area contributed by atoms with Gasteiger partial charge in [0.1, 0.15) is 0 Å². The zero-order valence-electron chi connectivity index (χ0n) is 13.7. The van der Waals surface area contributed by atoms with Gasteiger partial charge >= 0.3 is 0 Å². The average Bonchev–Trinajstić information content (AvgIpc) is 3.07. The van der Waals surface area contributed by atoms with E-state index in [9.17, 15) is 4.79 Å². The third-order valence-corrected chi connectivity index (χ3v) is 5.45. The van der Waals surface area contributed by atoms with Crippen LogP contribution in [0.15, 0.2) is 16.8 Å². The van der Waals surface area contributed by atoms with Crippen LogP contribution in [0.3, 0.4) is 0 Å². The minimum absolute atomic E-state index is 0. The molecule has 0 spiro atoms. The molecular formula is C17H27ClN2O2S. The number of amides is 1. The molecule has 0 aromatic carbocycles. The number of hydrogen-bond acceptors (Lipinski definition) is 4. The summed E-state index contributed by atoms with van der Waals surface area (Å²) in [6.45, 7) is 6.67. The molecule has 0 bridgehead atoms. The number of halogens is 1. The van der Waals surface area contributed by atoms with Gasteiger partial charge in [-0.25, -0.2) is 0 Å². The van der Waals surface area contributed by atoms with Crippen molar-refractivity contribution in [2.45, 2.75) is 32.2 Å². The van der Waals surface area contributed by atoms with Gasteiger partial charge in [-0.1, -0.05) is 0 Å². The molecule has 130 valence electrons. The van der Waals surface area contributed by atoms with E-state index in [4.69, 9.17) is 4.74 Å². The summed E-state index contributed by atoms with van der Waals surface area (Å²) in [6.07, 6.45) is 3.18. The van der Waals surface area contributed by atoms with Gasteiger partial charge in [0.25, 0.3) is 0 Å². The van der Waals surface area contributed by atoms with Crippen LogP contribution in [-0.2, 0) is 16.0 Å². The molecule has 1 saturated heterocycles. The molecule has 4 nitrogen and oxygen atoms in total. The predicted molar refractivity (Wildman–Crippen MR) is 96.3 cm³/mol. The quantitative estimate of drug-likeness (QED) is 0.726. The van der Waals surface area contributed by atoms with E-state index in [1.54, 1.807) is 11.3 Å². The zero-order valence-corrected chi connectivity index (χ0v) is 15.3. The molecule has 3 rings (SSSR count). The number of likely N-dealkylation sites (tertiary alicyclic amines) is 1. The Balaban J connectivity index is 0.00000192. The van der Waals surface area contributed by atoms with Gasteiger partial charge in [-0.05, 0) is 54.0 Å². The van der Waals surface area contributed by atoms with E-state index in [1.165, 1.54) is 12.8 Å². The highest BCUT2D eigenvalue weighted by molar-refractivity contribution is 7.07. The molecule has 1 aromatic heterocycles. The smallest absolute Gasteiger partial charge is 0.224 e. The van der Waals surface area contributed by atoms with Gasteiger partial charge in [-0.3, -0.25) is 9.69 Å². The van der Waals surface area contributed by atoms with Crippen molar-refractivity contribution in [3.63, 3.8) is 0 Å². The Labute approximate surface area is 149 Å². The first kappa shape index (κ1) is 18.7. The Morgan fingerprint density at radius 1 is 1.43 bits per heavy atom. The number of carbonyl (C=O) groups is 1. The maximum absolute atomic E-state index is 12.3. The Morgan fingerprint density at radius 3 is 2.91 bits per heavy atom. The lowest BCUT2D eigenvalue weighted by Crippen LogP contribution is -2.42. The standard InChI is InChI=1S/C17H26N2O2S.ClH/c1-2-21-7-6-19-10-15(14-3-4-14)16(11-19)18-17(20)9-13-5-8-22-12-13;/h5,8,12,14-16H,2-4,6-7,9-11H2,1H3,(H,18,20);1H/t15-,16+;/m1./s1. The maximum atomic E-state index is 12.3. The summed E-state index contributed by atoms with van der Waals surface area (Å²) in [4.78, 5) is 14.7. The van der Waals surface area contributed by atoms with E-state index in [0.29, 0.717) is 18.4 Å². The van der Waals surface area contributed by atoms with Crippen molar-refractivity contribution in [3.8, 4) is 0 Å². The molecule has 1 amide bonds. The minimum atomic E-state index is 0. The first-order valence-corrected chi connectivity index (χ1v) is 9.31. The number of nitrogens with zero attached hydrogens (tertiary/aromatic N) is 1. The predicted octanol–water partition coefficient (Wildman–Crippen LogP) is 2.58. The summed E-state index contributed by atoms with van der Waals surface area (Å²) in [5.41, 5.74) is 1.12. The molecule has 1 aliphatic heterocycles. The van der Waals surface area contributed by atoms with Crippen LogP contribution in [0.5, 0.6) is 0 Å². The molecule has 2 aliphatic rings. The van der Waals surface area contributed by atoms with Crippen molar-refractivity contribution in [3.05, 3.63) is 22.4 Å². The molecule has 0 radical (unpaired) electrons. The van der Waals surface area contributed by atoms with Gasteiger partial charge in [-0.2, -0.15) is 11.3 Å². The molecule has 2 atom stereocenters. The molecule has 1 saturated carbocycles. The first-order chi connectivity index (χ1) is 10.8. The Kier molecular flexibility index (Phi) is 7.34.